The van der Waals surface area contributed by atoms with Crippen LogP contribution in [0.25, 0.3) is 0 Å². The molecule has 0 unspecified atom stereocenters. The maximum absolute atomic E-state index is 12.6. The number of nitrogens with zero attached hydrogens (tertiary/aromatic N) is 1. The minimum absolute atomic E-state index is 0.0197. The topological polar surface area (TPSA) is 60.5 Å². The first-order valence-corrected chi connectivity index (χ1v) is 15.1. The molecular weight excluding hydrogens is 472 g/mol. The Morgan fingerprint density at radius 1 is 1.06 bits per heavy atom. The molecule has 1 saturated carbocycles. The highest BCUT2D eigenvalue weighted by Gasteiger charge is 2.53. The summed E-state index contributed by atoms with van der Waals surface area (Å²) < 4.78 is 12.5. The lowest BCUT2D eigenvalue weighted by Crippen LogP contribution is -2.67. The van der Waals surface area contributed by atoms with Gasteiger partial charge in [-0.05, 0) is 47.0 Å². The number of ether oxygens (including phenoxy) is 1. The van der Waals surface area contributed by atoms with Gasteiger partial charge in [0.05, 0.1) is 6.61 Å². The Morgan fingerprint density at radius 2 is 1.63 bits per heavy atom. The van der Waals surface area contributed by atoms with Gasteiger partial charge in [0, 0.05) is 18.5 Å². The van der Waals surface area contributed by atoms with Gasteiger partial charge >= 0.3 is 5.97 Å². The summed E-state index contributed by atoms with van der Waals surface area (Å²) in [5.74, 6) is -0.344. The third kappa shape index (κ3) is 5.22. The molecule has 35 heavy (non-hydrogen) atoms. The molecule has 1 aliphatic carbocycles. The fourth-order valence-electron chi connectivity index (χ4n) is 4.85. The van der Waals surface area contributed by atoms with Gasteiger partial charge in [0.2, 0.25) is 0 Å². The van der Waals surface area contributed by atoms with E-state index in [9.17, 15) is 4.79 Å². The van der Waals surface area contributed by atoms with Crippen LogP contribution in [0.4, 0.5) is 5.13 Å². The van der Waals surface area contributed by atoms with Gasteiger partial charge in [-0.1, -0.05) is 81.4 Å². The lowest BCUT2D eigenvalue weighted by atomic mass is 10.0. The molecule has 1 aliphatic rings. The molecule has 7 heteroatoms. The van der Waals surface area contributed by atoms with Gasteiger partial charge in [-0.15, -0.1) is 11.3 Å². The Bertz CT molecular complexity index is 1100. The second-order valence-corrected chi connectivity index (χ2v) is 15.8. The van der Waals surface area contributed by atoms with Crippen LogP contribution >= 0.6 is 11.3 Å². The first kappa shape index (κ1) is 25.6. The maximum atomic E-state index is 12.6. The molecule has 0 spiro atoms. The molecule has 0 saturated heterocycles. The molecule has 2 aromatic carbocycles. The molecule has 1 heterocycles. The maximum Gasteiger partial charge on any atom is 0.358 e. The highest BCUT2D eigenvalue weighted by Crippen LogP contribution is 2.51. The van der Waals surface area contributed by atoms with Crippen molar-refractivity contribution < 1.29 is 14.0 Å². The predicted molar refractivity (Wildman–Crippen MR) is 147 cm³/mol. The van der Waals surface area contributed by atoms with Crippen molar-refractivity contribution in [3.63, 3.8) is 0 Å². The summed E-state index contributed by atoms with van der Waals surface area (Å²) in [5.41, 5.74) is 0.462. The summed E-state index contributed by atoms with van der Waals surface area (Å²) in [5, 5.41) is 6.34. The van der Waals surface area contributed by atoms with E-state index < -0.39 is 8.32 Å². The van der Waals surface area contributed by atoms with Crippen LogP contribution in [0.1, 0.15) is 55.9 Å². The van der Waals surface area contributed by atoms with E-state index in [1.54, 1.807) is 11.3 Å². The van der Waals surface area contributed by atoms with Crippen LogP contribution in [-0.4, -0.2) is 39.5 Å². The third-order valence-electron chi connectivity index (χ3n) is 6.88. The Morgan fingerprint density at radius 3 is 2.09 bits per heavy atom. The van der Waals surface area contributed by atoms with E-state index in [1.165, 1.54) is 10.4 Å². The van der Waals surface area contributed by atoms with Gasteiger partial charge < -0.3 is 14.5 Å². The molecular formula is C28H36N2O3SSi. The number of nitrogens with one attached hydrogen (secondary N) is 1. The molecule has 3 aromatic rings. The number of anilines is 1. The molecule has 0 bridgehead atoms. The van der Waals surface area contributed by atoms with Crippen molar-refractivity contribution in [1.82, 2.24) is 4.98 Å². The summed E-state index contributed by atoms with van der Waals surface area (Å²) in [6.07, 6.45) is 2.94. The first-order valence-electron chi connectivity index (χ1n) is 12.3. The number of thiazole rings is 1. The summed E-state index contributed by atoms with van der Waals surface area (Å²) in [4.78, 5) is 18.1. The second kappa shape index (κ2) is 10.2. The number of aromatic nitrogens is 1. The standard InChI is InChI=1S/C28H36N2O3SSi/c1-6-32-25(31)24-23(34-26(29-5)30-24)19-28(17-18-28)20-33-35(27(2,3)4,21-13-9-7-10-14-21)22-15-11-8-12-16-22/h7-16H,6,17-20H2,1-5H3,(H,29,30). The predicted octanol–water partition coefficient (Wildman–Crippen LogP) is 5.26. The summed E-state index contributed by atoms with van der Waals surface area (Å²) in [6.45, 7) is 9.74. The molecule has 5 nitrogen and oxygen atoms in total. The van der Waals surface area contributed by atoms with Crippen LogP contribution in [0.15, 0.2) is 60.7 Å². The van der Waals surface area contributed by atoms with Crippen molar-refractivity contribution in [3.8, 4) is 0 Å². The Balaban J connectivity index is 1.67. The van der Waals surface area contributed by atoms with Crippen LogP contribution in [0, 0.1) is 5.41 Å². The highest BCUT2D eigenvalue weighted by atomic mass is 32.1. The van der Waals surface area contributed by atoms with Crippen LogP contribution in [0.2, 0.25) is 5.04 Å². The average molecular weight is 509 g/mol. The largest absolute Gasteiger partial charge is 0.461 e. The number of carbonyl (C=O) groups excluding carboxylic acids is 1. The highest BCUT2D eigenvalue weighted by molar-refractivity contribution is 7.15. The lowest BCUT2D eigenvalue weighted by Gasteiger charge is -2.44. The Labute approximate surface area is 214 Å². The van der Waals surface area contributed by atoms with Gasteiger partial charge in [0.25, 0.3) is 8.32 Å². The van der Waals surface area contributed by atoms with Gasteiger partial charge in [-0.3, -0.25) is 0 Å². The molecule has 0 radical (unpaired) electrons. The molecule has 1 N–H and O–H groups in total. The number of hydrogen-bond donors (Lipinski definition) is 1. The van der Waals surface area contributed by atoms with E-state index in [-0.39, 0.29) is 16.4 Å². The summed E-state index contributed by atoms with van der Waals surface area (Å²) in [7, 11) is -0.772. The number of esters is 1. The van der Waals surface area contributed by atoms with Crippen molar-refractivity contribution >= 4 is 41.1 Å². The molecule has 0 aliphatic heterocycles. The van der Waals surface area contributed by atoms with Gasteiger partial charge in [-0.2, -0.15) is 0 Å². The normalized spacial score (nSPS) is 15.0. The average Bonchev–Trinajstić information content (AvgIpc) is 3.49. The molecule has 186 valence electrons. The monoisotopic (exact) mass is 508 g/mol. The van der Waals surface area contributed by atoms with Crippen molar-refractivity contribution in [2.45, 2.75) is 52.0 Å². The van der Waals surface area contributed by atoms with Crippen molar-refractivity contribution in [1.29, 1.82) is 0 Å². The van der Waals surface area contributed by atoms with E-state index in [0.29, 0.717) is 18.9 Å². The lowest BCUT2D eigenvalue weighted by molar-refractivity contribution is 0.0518. The minimum atomic E-state index is -2.60. The number of rotatable bonds is 10. The molecule has 1 aromatic heterocycles. The van der Waals surface area contributed by atoms with Crippen LogP contribution in [-0.2, 0) is 15.6 Å². The second-order valence-electron chi connectivity index (χ2n) is 10.4. The molecule has 4 rings (SSSR count). The fraction of sp³-hybridized carbons (Fsp3) is 0.429. The van der Waals surface area contributed by atoms with E-state index >= 15 is 0 Å². The number of hydrogen-bond acceptors (Lipinski definition) is 6. The van der Waals surface area contributed by atoms with Crippen molar-refractivity contribution in [2.75, 3.05) is 25.6 Å². The third-order valence-corrected chi connectivity index (χ3v) is 12.9. The zero-order valence-corrected chi connectivity index (χ0v) is 23.2. The first-order chi connectivity index (χ1) is 16.7. The SMILES string of the molecule is CCOC(=O)c1nc(NC)sc1CC1(CO[Si](c2ccccc2)(c2ccccc2)C(C)(C)C)CC1. The van der Waals surface area contributed by atoms with E-state index in [1.807, 2.05) is 14.0 Å². The smallest absolute Gasteiger partial charge is 0.358 e. The van der Waals surface area contributed by atoms with Crippen molar-refractivity contribution in [3.05, 3.63) is 71.2 Å². The Hall–Kier alpha value is -2.48. The van der Waals surface area contributed by atoms with Gasteiger partial charge in [0.1, 0.15) is 0 Å². The minimum Gasteiger partial charge on any atom is -0.461 e. The quantitative estimate of drug-likeness (QED) is 0.299. The zero-order chi connectivity index (χ0) is 25.1. The number of benzene rings is 2. The molecule has 1 fully saturated rings. The van der Waals surface area contributed by atoms with Crippen molar-refractivity contribution in [2.24, 2.45) is 5.41 Å². The van der Waals surface area contributed by atoms with Gasteiger partial charge in [-0.25, -0.2) is 9.78 Å². The summed E-state index contributed by atoms with van der Waals surface area (Å²) in [6, 6.07) is 21.5. The Kier molecular flexibility index (Phi) is 7.50. The van der Waals surface area contributed by atoms with Crippen LogP contribution < -0.4 is 15.7 Å². The van der Waals surface area contributed by atoms with Crippen LogP contribution in [0.5, 0.6) is 0 Å². The van der Waals surface area contributed by atoms with Gasteiger partial charge in [0.15, 0.2) is 10.8 Å². The van der Waals surface area contributed by atoms with Crippen LogP contribution in [0.3, 0.4) is 0 Å². The van der Waals surface area contributed by atoms with E-state index in [2.05, 4.69) is 91.7 Å². The van der Waals surface area contributed by atoms with E-state index in [4.69, 9.17) is 9.16 Å². The number of carbonyl (C=O) groups is 1. The molecule has 0 amide bonds. The van der Waals surface area contributed by atoms with E-state index in [0.717, 1.165) is 29.3 Å². The fourth-order valence-corrected chi connectivity index (χ4v) is 10.6. The summed E-state index contributed by atoms with van der Waals surface area (Å²) >= 11 is 1.54. The zero-order valence-electron chi connectivity index (χ0n) is 21.4. The molecule has 0 atom stereocenters.